The molecule has 0 aliphatic heterocycles. The van der Waals surface area contributed by atoms with Crippen LogP contribution in [0.2, 0.25) is 0 Å². The van der Waals surface area contributed by atoms with E-state index < -0.39 is 12.1 Å². The van der Waals surface area contributed by atoms with Crippen LogP contribution in [0.3, 0.4) is 0 Å². The number of carbonyl (C=O) groups excluding carboxylic acids is 2. The van der Waals surface area contributed by atoms with Crippen LogP contribution in [0.5, 0.6) is 0 Å². The first kappa shape index (κ1) is 26.5. The van der Waals surface area contributed by atoms with E-state index in [0.29, 0.717) is 12.8 Å². The highest BCUT2D eigenvalue weighted by atomic mass is 16.2. The van der Waals surface area contributed by atoms with Gasteiger partial charge >= 0.3 is 0 Å². The number of hydrogen-bond donors (Lipinski definition) is 6. The van der Waals surface area contributed by atoms with Gasteiger partial charge in [0, 0.05) is 34.2 Å². The molecule has 0 bridgehead atoms. The van der Waals surface area contributed by atoms with E-state index in [2.05, 4.69) is 31.0 Å². The number of rotatable bonds is 10. The normalized spacial score (nSPS) is 13.2. The van der Waals surface area contributed by atoms with Crippen LogP contribution in [0.15, 0.2) is 95.4 Å². The molecule has 10 nitrogen and oxygen atoms in total. The summed E-state index contributed by atoms with van der Waals surface area (Å²) in [6, 6.07) is 21.5. The SMILES string of the molecule is NC(Cc1c[nH]c2ccccc12)C(=O)N/N=C/c1cccc(/C=N/NC(=O)C(N)Cc2c[nH]c3ccccc23)c1. The Hall–Kier alpha value is -5.06. The molecule has 10 heteroatoms. The predicted octanol–water partition coefficient (Wildman–Crippen LogP) is 2.69. The highest BCUT2D eigenvalue weighted by molar-refractivity contribution is 5.90. The van der Waals surface area contributed by atoms with Gasteiger partial charge < -0.3 is 21.4 Å². The number of carbonyl (C=O) groups is 2. The molecule has 0 saturated carbocycles. The van der Waals surface area contributed by atoms with Crippen molar-refractivity contribution < 1.29 is 9.59 Å². The Morgan fingerprint density at radius 1 is 0.700 bits per heavy atom. The van der Waals surface area contributed by atoms with Gasteiger partial charge in [-0.15, -0.1) is 0 Å². The summed E-state index contributed by atoms with van der Waals surface area (Å²) in [5.41, 5.74) is 22.6. The van der Waals surface area contributed by atoms with Crippen molar-refractivity contribution in [3.8, 4) is 0 Å². The van der Waals surface area contributed by atoms with Crippen LogP contribution in [0.4, 0.5) is 0 Å². The zero-order valence-corrected chi connectivity index (χ0v) is 21.7. The Bertz CT molecular complexity index is 1580. The number of nitrogens with one attached hydrogen (secondary N) is 4. The molecule has 3 aromatic carbocycles. The molecule has 5 rings (SSSR count). The summed E-state index contributed by atoms with van der Waals surface area (Å²) in [6.45, 7) is 0. The number of fused-ring (bicyclic) bond motifs is 2. The molecule has 2 aromatic heterocycles. The molecule has 2 amide bonds. The molecule has 0 fully saturated rings. The Kier molecular flexibility index (Phi) is 8.10. The molecule has 8 N–H and O–H groups in total. The van der Waals surface area contributed by atoms with E-state index >= 15 is 0 Å². The fraction of sp³-hybridized carbons (Fsp3) is 0.133. The maximum absolute atomic E-state index is 12.5. The molecule has 0 aliphatic carbocycles. The van der Waals surface area contributed by atoms with Crippen molar-refractivity contribution in [2.75, 3.05) is 0 Å². The third-order valence-electron chi connectivity index (χ3n) is 6.59. The maximum Gasteiger partial charge on any atom is 0.257 e. The van der Waals surface area contributed by atoms with Crippen LogP contribution in [0, 0.1) is 0 Å². The van der Waals surface area contributed by atoms with Crippen LogP contribution in [-0.2, 0) is 22.4 Å². The van der Waals surface area contributed by atoms with Crippen LogP contribution in [-0.4, -0.2) is 46.3 Å². The molecule has 0 saturated heterocycles. The Balaban J connectivity index is 1.11. The van der Waals surface area contributed by atoms with Crippen molar-refractivity contribution in [2.45, 2.75) is 24.9 Å². The summed E-state index contributed by atoms with van der Waals surface area (Å²) in [4.78, 5) is 31.3. The van der Waals surface area contributed by atoms with E-state index in [1.54, 1.807) is 0 Å². The van der Waals surface area contributed by atoms with Gasteiger partial charge in [0.05, 0.1) is 24.5 Å². The predicted molar refractivity (Wildman–Crippen MR) is 158 cm³/mol. The highest BCUT2D eigenvalue weighted by Gasteiger charge is 2.16. The monoisotopic (exact) mass is 534 g/mol. The number of aromatic amines is 2. The van der Waals surface area contributed by atoms with Crippen molar-refractivity contribution in [1.29, 1.82) is 0 Å². The molecule has 5 aromatic rings. The lowest BCUT2D eigenvalue weighted by atomic mass is 10.1. The number of para-hydroxylation sites is 2. The quantitative estimate of drug-likeness (QED) is 0.120. The number of aromatic nitrogens is 2. The number of H-pyrrole nitrogens is 2. The average Bonchev–Trinajstić information content (AvgIpc) is 3.57. The molecule has 2 atom stereocenters. The fourth-order valence-electron chi connectivity index (χ4n) is 4.49. The van der Waals surface area contributed by atoms with E-state index in [4.69, 9.17) is 11.5 Å². The first-order valence-electron chi connectivity index (χ1n) is 12.8. The molecule has 0 aliphatic rings. The first-order chi connectivity index (χ1) is 19.5. The smallest absolute Gasteiger partial charge is 0.257 e. The number of hydrazone groups is 2. The maximum atomic E-state index is 12.5. The third kappa shape index (κ3) is 6.32. The average molecular weight is 535 g/mol. The molecule has 0 spiro atoms. The van der Waals surface area contributed by atoms with E-state index in [1.807, 2.05) is 85.2 Å². The van der Waals surface area contributed by atoms with E-state index in [1.165, 1.54) is 12.4 Å². The third-order valence-corrected chi connectivity index (χ3v) is 6.59. The molecule has 2 unspecified atom stereocenters. The lowest BCUT2D eigenvalue weighted by Crippen LogP contribution is -2.39. The number of hydrogen-bond acceptors (Lipinski definition) is 6. The van der Waals surface area contributed by atoms with Crippen molar-refractivity contribution in [2.24, 2.45) is 21.7 Å². The van der Waals surface area contributed by atoms with Crippen molar-refractivity contribution in [3.63, 3.8) is 0 Å². The summed E-state index contributed by atoms with van der Waals surface area (Å²) in [6.07, 6.45) is 7.54. The number of amides is 2. The molecule has 2 heterocycles. The van der Waals surface area contributed by atoms with Gasteiger partial charge in [-0.2, -0.15) is 10.2 Å². The zero-order chi connectivity index (χ0) is 27.9. The second-order valence-electron chi connectivity index (χ2n) is 9.48. The van der Waals surface area contributed by atoms with Crippen molar-refractivity contribution in [3.05, 3.63) is 107 Å². The van der Waals surface area contributed by atoms with Crippen molar-refractivity contribution in [1.82, 2.24) is 20.8 Å². The summed E-state index contributed by atoms with van der Waals surface area (Å²) in [7, 11) is 0. The van der Waals surface area contributed by atoms with Crippen molar-refractivity contribution >= 4 is 46.0 Å². The van der Waals surface area contributed by atoms with Crippen LogP contribution >= 0.6 is 0 Å². The van der Waals surface area contributed by atoms with Gasteiger partial charge in [0.2, 0.25) is 0 Å². The Labute approximate surface area is 230 Å². The molecule has 40 heavy (non-hydrogen) atoms. The van der Waals surface area contributed by atoms with E-state index in [9.17, 15) is 9.59 Å². The lowest BCUT2D eigenvalue weighted by Gasteiger charge is -2.09. The Morgan fingerprint density at radius 2 is 1.15 bits per heavy atom. The van der Waals surface area contributed by atoms with Gasteiger partial charge in [-0.05, 0) is 53.3 Å². The summed E-state index contributed by atoms with van der Waals surface area (Å²) in [5.74, 6) is -0.767. The minimum absolute atomic E-state index is 0.383. The molecular weight excluding hydrogens is 504 g/mol. The van der Waals surface area contributed by atoms with E-state index in [-0.39, 0.29) is 11.8 Å². The second kappa shape index (κ2) is 12.2. The standard InChI is InChI=1S/C30H30N8O2/c31-25(13-21-17-33-27-10-3-1-8-23(21)27)29(39)37-35-15-19-6-5-7-20(12-19)16-36-38-30(40)26(32)14-22-18-34-28-11-4-2-9-24(22)28/h1-12,15-18,25-26,33-34H,13-14,31-32H2,(H,37,39)(H,38,40)/b35-15+,36-16+. The zero-order valence-electron chi connectivity index (χ0n) is 21.7. The number of benzene rings is 3. The van der Waals surface area contributed by atoms with Crippen LogP contribution in [0.1, 0.15) is 22.3 Å². The van der Waals surface area contributed by atoms with Gasteiger partial charge in [0.25, 0.3) is 11.8 Å². The summed E-state index contributed by atoms with van der Waals surface area (Å²) < 4.78 is 0. The topological polar surface area (TPSA) is 167 Å². The molecule has 0 radical (unpaired) electrons. The van der Waals surface area contributed by atoms with Gasteiger partial charge in [0.15, 0.2) is 0 Å². The van der Waals surface area contributed by atoms with Gasteiger partial charge in [0.1, 0.15) is 0 Å². The number of nitrogens with two attached hydrogens (primary N) is 2. The van der Waals surface area contributed by atoms with Gasteiger partial charge in [-0.25, -0.2) is 10.9 Å². The largest absolute Gasteiger partial charge is 0.361 e. The summed E-state index contributed by atoms with van der Waals surface area (Å²) >= 11 is 0. The fourth-order valence-corrected chi connectivity index (χ4v) is 4.49. The van der Waals surface area contributed by atoms with Crippen LogP contribution in [0.25, 0.3) is 21.8 Å². The highest BCUT2D eigenvalue weighted by Crippen LogP contribution is 2.19. The minimum atomic E-state index is -0.749. The van der Waals surface area contributed by atoms with Crippen LogP contribution < -0.4 is 22.3 Å². The van der Waals surface area contributed by atoms with Gasteiger partial charge in [-0.3, -0.25) is 9.59 Å². The molecule has 202 valence electrons. The van der Waals surface area contributed by atoms with E-state index in [0.717, 1.165) is 44.1 Å². The number of nitrogens with zero attached hydrogens (tertiary/aromatic N) is 2. The second-order valence-corrected chi connectivity index (χ2v) is 9.48. The summed E-state index contributed by atoms with van der Waals surface area (Å²) in [5, 5.41) is 10.2. The minimum Gasteiger partial charge on any atom is -0.361 e. The first-order valence-corrected chi connectivity index (χ1v) is 12.8. The van der Waals surface area contributed by atoms with Gasteiger partial charge in [-0.1, -0.05) is 54.6 Å². The lowest BCUT2D eigenvalue weighted by molar-refractivity contribution is -0.123. The molecular formula is C30H30N8O2. The Morgan fingerprint density at radius 3 is 1.62 bits per heavy atom.